The normalized spacial score (nSPS) is 14.3. The van der Waals surface area contributed by atoms with Gasteiger partial charge in [0.1, 0.15) is 6.61 Å². The molecule has 1 aromatic carbocycles. The van der Waals surface area contributed by atoms with Crippen molar-refractivity contribution < 1.29 is 14.6 Å². The molecule has 0 aliphatic heterocycles. The number of rotatable bonds is 5. The summed E-state index contributed by atoms with van der Waals surface area (Å²) < 4.78 is 7.14. The van der Waals surface area contributed by atoms with Gasteiger partial charge in [-0.25, -0.2) is 4.79 Å². The maximum absolute atomic E-state index is 11.3. The molecule has 5 heteroatoms. The van der Waals surface area contributed by atoms with Crippen LogP contribution in [0.4, 0.5) is 0 Å². The number of carboxylic acid groups (broad SMARTS) is 1. The first-order chi connectivity index (χ1) is 9.25. The van der Waals surface area contributed by atoms with Crippen molar-refractivity contribution in [1.29, 1.82) is 0 Å². The Morgan fingerprint density at radius 1 is 1.37 bits per heavy atom. The van der Waals surface area contributed by atoms with E-state index in [2.05, 4.69) is 5.10 Å². The molecule has 1 aliphatic rings. The highest BCUT2D eigenvalue weighted by molar-refractivity contribution is 5.88. The number of hydrogen-bond acceptors (Lipinski definition) is 3. The lowest BCUT2D eigenvalue weighted by atomic mass is 10.2. The molecule has 0 radical (unpaired) electrons. The van der Waals surface area contributed by atoms with E-state index in [0.29, 0.717) is 12.4 Å². The fraction of sp³-hybridized carbons (Fsp3) is 0.286. The van der Waals surface area contributed by atoms with Gasteiger partial charge in [0, 0.05) is 0 Å². The van der Waals surface area contributed by atoms with Gasteiger partial charge in [0.2, 0.25) is 0 Å². The summed E-state index contributed by atoms with van der Waals surface area (Å²) in [6, 6.07) is 9.86. The van der Waals surface area contributed by atoms with E-state index in [9.17, 15) is 9.90 Å². The Bertz CT molecular complexity index is 588. The van der Waals surface area contributed by atoms with E-state index in [1.165, 1.54) is 6.20 Å². The number of carbonyl (C=O) groups is 1. The summed E-state index contributed by atoms with van der Waals surface area (Å²) in [5, 5.41) is 13.4. The zero-order chi connectivity index (χ0) is 13.2. The smallest absolute Gasteiger partial charge is 0.358 e. The van der Waals surface area contributed by atoms with Crippen LogP contribution in [0.5, 0.6) is 5.75 Å². The van der Waals surface area contributed by atoms with E-state index in [-0.39, 0.29) is 11.7 Å². The van der Waals surface area contributed by atoms with Crippen LogP contribution in [0.15, 0.2) is 36.5 Å². The zero-order valence-corrected chi connectivity index (χ0v) is 10.3. The fourth-order valence-corrected chi connectivity index (χ4v) is 1.99. The average Bonchev–Trinajstić information content (AvgIpc) is 3.17. The summed E-state index contributed by atoms with van der Waals surface area (Å²) in [6.07, 6.45) is 3.46. The largest absolute Gasteiger partial charge is 0.485 e. The SMILES string of the molecule is O=C(O)c1c(OCc2ccccc2)cnn1C1CC1. The molecule has 0 amide bonds. The molecular weight excluding hydrogens is 244 g/mol. The molecule has 19 heavy (non-hydrogen) atoms. The molecule has 2 aromatic rings. The van der Waals surface area contributed by atoms with E-state index < -0.39 is 5.97 Å². The van der Waals surface area contributed by atoms with Gasteiger partial charge in [-0.15, -0.1) is 0 Å². The first-order valence-electron chi connectivity index (χ1n) is 6.23. The molecule has 1 saturated carbocycles. The molecule has 1 fully saturated rings. The topological polar surface area (TPSA) is 64.3 Å². The highest BCUT2D eigenvalue weighted by atomic mass is 16.5. The Balaban J connectivity index is 1.79. The van der Waals surface area contributed by atoms with Gasteiger partial charge < -0.3 is 9.84 Å². The van der Waals surface area contributed by atoms with Crippen molar-refractivity contribution in [3.05, 3.63) is 47.8 Å². The molecule has 0 bridgehead atoms. The fourth-order valence-electron chi connectivity index (χ4n) is 1.99. The van der Waals surface area contributed by atoms with Crippen molar-refractivity contribution in [1.82, 2.24) is 9.78 Å². The van der Waals surface area contributed by atoms with Crippen LogP contribution in [0.1, 0.15) is 34.9 Å². The molecule has 98 valence electrons. The molecule has 1 heterocycles. The summed E-state index contributed by atoms with van der Waals surface area (Å²) in [6.45, 7) is 0.345. The van der Waals surface area contributed by atoms with Gasteiger partial charge in [-0.05, 0) is 18.4 Å². The quantitative estimate of drug-likeness (QED) is 0.894. The lowest BCUT2D eigenvalue weighted by Gasteiger charge is -2.06. The van der Waals surface area contributed by atoms with Crippen LogP contribution in [-0.2, 0) is 6.61 Å². The Morgan fingerprint density at radius 2 is 2.11 bits per heavy atom. The van der Waals surface area contributed by atoms with Crippen LogP contribution in [0.3, 0.4) is 0 Å². The first kappa shape index (κ1) is 11.8. The highest BCUT2D eigenvalue weighted by Crippen LogP contribution is 2.37. The van der Waals surface area contributed by atoms with Crippen molar-refractivity contribution in [2.45, 2.75) is 25.5 Å². The lowest BCUT2D eigenvalue weighted by Crippen LogP contribution is -2.10. The lowest BCUT2D eigenvalue weighted by molar-refractivity contribution is 0.0677. The second-order valence-corrected chi connectivity index (χ2v) is 4.61. The number of aromatic carboxylic acids is 1. The molecule has 0 atom stereocenters. The van der Waals surface area contributed by atoms with Crippen LogP contribution in [0.2, 0.25) is 0 Å². The van der Waals surface area contributed by atoms with Crippen molar-refractivity contribution >= 4 is 5.97 Å². The third-order valence-electron chi connectivity index (χ3n) is 3.09. The zero-order valence-electron chi connectivity index (χ0n) is 10.3. The molecular formula is C14H14N2O3. The molecule has 1 aromatic heterocycles. The van der Waals surface area contributed by atoms with Crippen LogP contribution < -0.4 is 4.74 Å². The van der Waals surface area contributed by atoms with Gasteiger partial charge in [0.25, 0.3) is 0 Å². The standard InChI is InChI=1S/C14H14N2O3/c17-14(18)13-12(8-15-16(13)11-6-7-11)19-9-10-4-2-1-3-5-10/h1-5,8,11H,6-7,9H2,(H,17,18). The van der Waals surface area contributed by atoms with E-state index in [1.54, 1.807) is 4.68 Å². The van der Waals surface area contributed by atoms with E-state index >= 15 is 0 Å². The number of carboxylic acids is 1. The van der Waals surface area contributed by atoms with Crippen molar-refractivity contribution in [3.8, 4) is 5.75 Å². The van der Waals surface area contributed by atoms with E-state index in [1.807, 2.05) is 30.3 Å². The summed E-state index contributed by atoms with van der Waals surface area (Å²) in [5.74, 6) is -0.657. The maximum atomic E-state index is 11.3. The number of aromatic nitrogens is 2. The Hall–Kier alpha value is -2.30. The Labute approximate surface area is 110 Å². The van der Waals surface area contributed by atoms with Gasteiger partial charge in [-0.3, -0.25) is 4.68 Å². The van der Waals surface area contributed by atoms with Crippen LogP contribution >= 0.6 is 0 Å². The summed E-state index contributed by atoms with van der Waals surface area (Å²) in [4.78, 5) is 11.3. The predicted molar refractivity (Wildman–Crippen MR) is 68.2 cm³/mol. The Morgan fingerprint density at radius 3 is 2.74 bits per heavy atom. The van der Waals surface area contributed by atoms with Crippen molar-refractivity contribution in [2.24, 2.45) is 0 Å². The van der Waals surface area contributed by atoms with Crippen molar-refractivity contribution in [3.63, 3.8) is 0 Å². The number of nitrogens with zero attached hydrogens (tertiary/aromatic N) is 2. The number of benzene rings is 1. The minimum absolute atomic E-state index is 0.151. The Kier molecular flexibility index (Phi) is 2.95. The molecule has 0 unspecified atom stereocenters. The highest BCUT2D eigenvalue weighted by Gasteiger charge is 2.31. The number of hydrogen-bond donors (Lipinski definition) is 1. The van der Waals surface area contributed by atoms with E-state index in [0.717, 1.165) is 18.4 Å². The van der Waals surface area contributed by atoms with Gasteiger partial charge in [-0.1, -0.05) is 30.3 Å². The van der Waals surface area contributed by atoms with Crippen LogP contribution in [-0.4, -0.2) is 20.9 Å². The van der Waals surface area contributed by atoms with Gasteiger partial charge in [0.05, 0.1) is 12.2 Å². The number of ether oxygens (including phenoxy) is 1. The van der Waals surface area contributed by atoms with Crippen molar-refractivity contribution in [2.75, 3.05) is 0 Å². The monoisotopic (exact) mass is 258 g/mol. The summed E-state index contributed by atoms with van der Waals surface area (Å²) in [7, 11) is 0. The molecule has 1 aliphatic carbocycles. The minimum atomic E-state index is -0.993. The molecule has 0 spiro atoms. The van der Waals surface area contributed by atoms with Gasteiger partial charge in [-0.2, -0.15) is 5.10 Å². The molecule has 3 rings (SSSR count). The third kappa shape index (κ3) is 2.45. The van der Waals surface area contributed by atoms with Crippen LogP contribution in [0, 0.1) is 0 Å². The first-order valence-corrected chi connectivity index (χ1v) is 6.23. The maximum Gasteiger partial charge on any atom is 0.358 e. The van der Waals surface area contributed by atoms with Gasteiger partial charge >= 0.3 is 5.97 Å². The average molecular weight is 258 g/mol. The molecule has 0 saturated heterocycles. The minimum Gasteiger partial charge on any atom is -0.485 e. The third-order valence-corrected chi connectivity index (χ3v) is 3.09. The van der Waals surface area contributed by atoms with E-state index in [4.69, 9.17) is 4.74 Å². The predicted octanol–water partition coefficient (Wildman–Crippen LogP) is 2.50. The van der Waals surface area contributed by atoms with Gasteiger partial charge in [0.15, 0.2) is 11.4 Å². The molecule has 5 nitrogen and oxygen atoms in total. The second-order valence-electron chi connectivity index (χ2n) is 4.61. The summed E-state index contributed by atoms with van der Waals surface area (Å²) >= 11 is 0. The summed E-state index contributed by atoms with van der Waals surface area (Å²) in [5.41, 5.74) is 1.15. The van der Waals surface area contributed by atoms with Crippen LogP contribution in [0.25, 0.3) is 0 Å². The second kappa shape index (κ2) is 4.76. The molecule has 1 N–H and O–H groups in total.